The molecule has 0 amide bonds. The monoisotopic (exact) mass is 813 g/mol. The Kier molecular flexibility index (Phi) is 48.4. The van der Waals surface area contributed by atoms with Gasteiger partial charge in [0.25, 0.3) is 0 Å². The Hall–Kier alpha value is -0.370. The van der Waals surface area contributed by atoms with Crippen LogP contribution in [0.2, 0.25) is 5.02 Å². The number of ketones is 1. The Morgan fingerprint density at radius 2 is 1.71 bits per heavy atom. The fraction of sp³-hybridized carbons (Fsp3) is 0.464. The molecule has 38 heavy (non-hydrogen) atoms. The average molecular weight is 814 g/mol. The lowest BCUT2D eigenvalue weighted by molar-refractivity contribution is -0.117. The standard InChI is InChI=1S/C11H13ClN2.C7H8FN.C6H12O.2C2H6.2HIS/c1-4-6-9(7-5-2)11-10(12)8(3)13-14-11;1-2-6-3-4-7(8)9-5-6;1-3-4-5-6(2)7;4*1-2/h4-7H,1H2,2-3H3,(H,13,14);3-5H,2H2,1H3;3-5H2,1-2H3;2*1-2H3;2*2H/b7-5-,9-6+;;;;;;. The maximum Gasteiger partial charge on any atom is 0.212 e. The molecule has 2 heterocycles. The highest BCUT2D eigenvalue weighted by molar-refractivity contribution is 14.2. The molecule has 0 fully saturated rings. The van der Waals surface area contributed by atoms with E-state index in [0.29, 0.717) is 10.8 Å². The average Bonchev–Trinajstić information content (AvgIpc) is 3.30. The summed E-state index contributed by atoms with van der Waals surface area (Å²) < 4.78 is 12.1. The van der Waals surface area contributed by atoms with Crippen molar-refractivity contribution in [3.63, 3.8) is 0 Å². The molecule has 2 aromatic heterocycles. The molecule has 0 spiro atoms. The first-order valence-electron chi connectivity index (χ1n) is 12.4. The van der Waals surface area contributed by atoms with Gasteiger partial charge in [0.05, 0.1) is 10.7 Å². The number of unbranched alkanes of at least 4 members (excludes halogenated alkanes) is 1. The molecule has 1 N–H and O–H groups in total. The smallest absolute Gasteiger partial charge is 0.212 e. The van der Waals surface area contributed by atoms with Crippen LogP contribution in [0, 0.1) is 12.9 Å². The van der Waals surface area contributed by atoms with Crippen LogP contribution in [0.3, 0.4) is 0 Å². The van der Waals surface area contributed by atoms with Crippen LogP contribution in [0.25, 0.3) is 5.57 Å². The highest BCUT2D eigenvalue weighted by Crippen LogP contribution is 2.25. The van der Waals surface area contributed by atoms with Gasteiger partial charge in [-0.15, -0.1) is 19.6 Å². The van der Waals surface area contributed by atoms with Gasteiger partial charge in [-0.05, 0) is 87.7 Å². The number of allylic oxidation sites excluding steroid dienone is 5. The molecule has 0 aliphatic heterocycles. The number of hydrogen-bond acceptors (Lipinski definition) is 5. The number of nitrogens with one attached hydrogen (secondary N) is 1. The highest BCUT2D eigenvalue weighted by Gasteiger charge is 2.09. The summed E-state index contributed by atoms with van der Waals surface area (Å²) in [6.45, 7) is 21.2. The first kappa shape index (κ1) is 47.4. The van der Waals surface area contributed by atoms with Crippen molar-refractivity contribution >= 4 is 85.0 Å². The van der Waals surface area contributed by atoms with Crippen molar-refractivity contribution in [3.8, 4) is 0 Å². The highest BCUT2D eigenvalue weighted by atomic mass is 127. The number of hydrogen-bond donors (Lipinski definition) is 3. The first-order valence-corrected chi connectivity index (χ1v) is 19.2. The number of aromatic amines is 1. The van der Waals surface area contributed by atoms with Crippen LogP contribution in [0.15, 0.2) is 49.2 Å². The number of carbonyl (C=O) groups is 1. The molecule has 0 saturated heterocycles. The molecule has 0 aromatic carbocycles. The number of thiol groups is 2. The van der Waals surface area contributed by atoms with E-state index < -0.39 is 5.95 Å². The molecule has 0 saturated carbocycles. The Morgan fingerprint density at radius 1 is 1.16 bits per heavy atom. The van der Waals surface area contributed by atoms with E-state index in [0.717, 1.165) is 48.2 Å². The van der Waals surface area contributed by atoms with Gasteiger partial charge < -0.3 is 4.79 Å². The lowest BCUT2D eigenvalue weighted by Gasteiger charge is -1.96. The van der Waals surface area contributed by atoms with E-state index in [2.05, 4.69) is 48.3 Å². The molecule has 0 unspecified atom stereocenters. The Bertz CT molecular complexity index is 847. The fourth-order valence-electron chi connectivity index (χ4n) is 2.17. The molecule has 0 atom stereocenters. The molecule has 0 aliphatic carbocycles. The summed E-state index contributed by atoms with van der Waals surface area (Å²) in [6, 6.07) is 3.11. The van der Waals surface area contributed by atoms with Gasteiger partial charge in [-0.3, -0.25) is 5.10 Å². The van der Waals surface area contributed by atoms with Crippen LogP contribution in [0.4, 0.5) is 4.39 Å². The van der Waals surface area contributed by atoms with Crippen LogP contribution in [0.5, 0.6) is 0 Å². The fourth-order valence-corrected chi connectivity index (χ4v) is 2.36. The van der Waals surface area contributed by atoms with Gasteiger partial charge in [0.1, 0.15) is 11.5 Å². The van der Waals surface area contributed by atoms with E-state index in [1.165, 1.54) is 6.07 Å². The van der Waals surface area contributed by atoms with Crippen molar-refractivity contribution in [2.75, 3.05) is 0 Å². The number of pyridine rings is 1. The van der Waals surface area contributed by atoms with E-state index in [-0.39, 0.29) is 0 Å². The normalized spacial score (nSPS) is 9.08. The Morgan fingerprint density at radius 3 is 2.00 bits per heavy atom. The van der Waals surface area contributed by atoms with Gasteiger partial charge in [-0.2, -0.15) is 9.49 Å². The molecular weight excluding hydrogens is 767 g/mol. The summed E-state index contributed by atoms with van der Waals surface area (Å²) in [5.41, 5.74) is 3.66. The van der Waals surface area contributed by atoms with Gasteiger partial charge in [-0.25, -0.2) is 4.98 Å². The van der Waals surface area contributed by atoms with Crippen LogP contribution < -0.4 is 0 Å². The summed E-state index contributed by atoms with van der Waals surface area (Å²) in [4.78, 5) is 13.7. The summed E-state index contributed by atoms with van der Waals surface area (Å²) in [5.74, 6) is -0.103. The summed E-state index contributed by atoms with van der Waals surface area (Å²) in [6.07, 6.45) is 12.9. The predicted octanol–water partition coefficient (Wildman–Crippen LogP) is 11.7. The third-order valence-corrected chi connectivity index (χ3v) is 4.33. The number of Topliss-reactive ketones (excluding diaryl/α,β-unsaturated/α-hetero) is 1. The number of aryl methyl sites for hydroxylation is 2. The van der Waals surface area contributed by atoms with Crippen LogP contribution in [-0.4, -0.2) is 21.0 Å². The number of aromatic nitrogens is 3. The second-order valence-corrected chi connectivity index (χ2v) is 6.90. The molecule has 0 radical (unpaired) electrons. The molecule has 220 valence electrons. The SMILES string of the molecule is C=C/C=C(\C=C/C)c1n[nH]c(C)c1Cl.CC.CC.CCCCC(C)=O.CCc1ccc(F)nc1.SI.SI. The second kappa shape index (κ2) is 38.8. The Balaban J connectivity index is -0.000000132. The third kappa shape index (κ3) is 28.6. The van der Waals surface area contributed by atoms with E-state index >= 15 is 0 Å². The maximum atomic E-state index is 12.1. The van der Waals surface area contributed by atoms with Crippen molar-refractivity contribution < 1.29 is 9.18 Å². The topological polar surface area (TPSA) is 58.6 Å². The number of rotatable bonds is 7. The van der Waals surface area contributed by atoms with Gasteiger partial charge >= 0.3 is 0 Å². The number of H-pyrrole nitrogens is 1. The predicted molar refractivity (Wildman–Crippen MR) is 194 cm³/mol. The number of halogens is 4. The van der Waals surface area contributed by atoms with Crippen LogP contribution >= 0.6 is 73.6 Å². The summed E-state index contributed by atoms with van der Waals surface area (Å²) in [7, 11) is 7.00. The first-order chi connectivity index (χ1) is 18.3. The van der Waals surface area contributed by atoms with E-state index in [1.54, 1.807) is 25.3 Å². The maximum absolute atomic E-state index is 12.1. The van der Waals surface area contributed by atoms with Crippen molar-refractivity contribution in [1.82, 2.24) is 15.2 Å². The van der Waals surface area contributed by atoms with Gasteiger partial charge in [0, 0.05) is 18.2 Å². The summed E-state index contributed by atoms with van der Waals surface area (Å²) in [5, 5.41) is 7.64. The van der Waals surface area contributed by atoms with Crippen molar-refractivity contribution in [1.29, 1.82) is 0 Å². The minimum atomic E-state index is -0.410. The van der Waals surface area contributed by atoms with Gasteiger partial charge in [0.2, 0.25) is 5.95 Å². The van der Waals surface area contributed by atoms with Gasteiger partial charge in [0.15, 0.2) is 0 Å². The van der Waals surface area contributed by atoms with Crippen molar-refractivity contribution in [2.45, 2.75) is 88.0 Å². The number of nitrogens with zero attached hydrogens (tertiary/aromatic N) is 2. The molecule has 0 aliphatic rings. The lowest BCUT2D eigenvalue weighted by atomic mass is 10.1. The van der Waals surface area contributed by atoms with E-state index in [9.17, 15) is 9.18 Å². The van der Waals surface area contributed by atoms with Crippen molar-refractivity contribution in [3.05, 3.63) is 77.1 Å². The second-order valence-electron chi connectivity index (χ2n) is 6.52. The third-order valence-electron chi connectivity index (χ3n) is 3.87. The van der Waals surface area contributed by atoms with E-state index in [4.69, 9.17) is 11.6 Å². The summed E-state index contributed by atoms with van der Waals surface area (Å²) >= 11 is 9.76. The number of carbonyl (C=O) groups excluding carboxylic acids is 1. The van der Waals surface area contributed by atoms with Crippen molar-refractivity contribution in [2.24, 2.45) is 0 Å². The molecule has 0 bridgehead atoms. The largest absolute Gasteiger partial charge is 0.300 e. The lowest BCUT2D eigenvalue weighted by Crippen LogP contribution is -1.86. The minimum absolute atomic E-state index is 0.307. The van der Waals surface area contributed by atoms with E-state index in [1.807, 2.05) is 109 Å². The Labute approximate surface area is 272 Å². The molecule has 2 aromatic rings. The molecule has 4 nitrogen and oxygen atoms in total. The molecular formula is C28H47ClFI2N3OS2. The van der Waals surface area contributed by atoms with Crippen LogP contribution in [-0.2, 0) is 11.2 Å². The zero-order chi connectivity index (χ0) is 30.9. The minimum Gasteiger partial charge on any atom is -0.300 e. The zero-order valence-corrected chi connectivity index (χ0v) is 31.1. The quantitative estimate of drug-likeness (QED) is 0.113. The molecule has 10 heteroatoms. The molecule has 2 rings (SSSR count). The van der Waals surface area contributed by atoms with Crippen LogP contribution in [0.1, 0.15) is 91.6 Å². The zero-order valence-electron chi connectivity index (χ0n) is 24.3. The van der Waals surface area contributed by atoms with Gasteiger partial charge in [-0.1, -0.05) is 96.5 Å².